The Kier molecular flexibility index (Phi) is 3.90. The van der Waals surface area contributed by atoms with Gasteiger partial charge in [-0.1, -0.05) is 41.9 Å². The molecule has 0 radical (unpaired) electrons. The molecule has 1 aliphatic rings. The van der Waals surface area contributed by atoms with Gasteiger partial charge < -0.3 is 5.32 Å². The lowest BCUT2D eigenvalue weighted by Gasteiger charge is -2.38. The Balaban J connectivity index is 1.89. The van der Waals surface area contributed by atoms with Crippen LogP contribution in [0.15, 0.2) is 72.8 Å². The summed E-state index contributed by atoms with van der Waals surface area (Å²) in [5, 5.41) is 3.93. The van der Waals surface area contributed by atoms with Crippen molar-refractivity contribution in [2.45, 2.75) is 6.17 Å². The fourth-order valence-corrected chi connectivity index (χ4v) is 3.28. The molecule has 3 aromatic rings. The number of halogens is 2. The standard InChI is InChI=1S/C20H14ClFN2O/c21-17-7-3-1-5-15(17)19-23-18-8-4-2-6-16(18)20(25)24(19)14-11-9-13(22)10-12-14/h1-12,19,23H. The largest absolute Gasteiger partial charge is 0.360 e. The average Bonchev–Trinajstić information content (AvgIpc) is 2.63. The van der Waals surface area contributed by atoms with Gasteiger partial charge in [-0.15, -0.1) is 0 Å². The molecule has 1 amide bonds. The molecule has 25 heavy (non-hydrogen) atoms. The number of benzene rings is 3. The lowest BCUT2D eigenvalue weighted by molar-refractivity contribution is 0.0975. The molecule has 0 spiro atoms. The highest BCUT2D eigenvalue weighted by Crippen LogP contribution is 2.38. The van der Waals surface area contributed by atoms with E-state index in [4.69, 9.17) is 11.6 Å². The number of carbonyl (C=O) groups excluding carboxylic acids is 1. The number of rotatable bonds is 2. The van der Waals surface area contributed by atoms with E-state index in [1.807, 2.05) is 36.4 Å². The van der Waals surface area contributed by atoms with Crippen molar-refractivity contribution in [1.29, 1.82) is 0 Å². The van der Waals surface area contributed by atoms with E-state index in [0.717, 1.165) is 11.3 Å². The number of hydrogen-bond donors (Lipinski definition) is 1. The van der Waals surface area contributed by atoms with Crippen molar-refractivity contribution in [1.82, 2.24) is 0 Å². The van der Waals surface area contributed by atoms with Crippen LogP contribution >= 0.6 is 11.6 Å². The van der Waals surface area contributed by atoms with Gasteiger partial charge in [0.15, 0.2) is 0 Å². The number of nitrogens with one attached hydrogen (secondary N) is 1. The van der Waals surface area contributed by atoms with Crippen molar-refractivity contribution < 1.29 is 9.18 Å². The summed E-state index contributed by atoms with van der Waals surface area (Å²) in [7, 11) is 0. The maximum absolute atomic E-state index is 13.3. The number of anilines is 2. The first-order chi connectivity index (χ1) is 12.1. The van der Waals surface area contributed by atoms with Gasteiger partial charge in [0.25, 0.3) is 5.91 Å². The van der Waals surface area contributed by atoms with Crippen molar-refractivity contribution in [3.05, 3.63) is 94.8 Å². The SMILES string of the molecule is O=C1c2ccccc2NC(c2ccccc2Cl)N1c1ccc(F)cc1. The van der Waals surface area contributed by atoms with Crippen LogP contribution in [-0.4, -0.2) is 5.91 Å². The first-order valence-electron chi connectivity index (χ1n) is 7.84. The van der Waals surface area contributed by atoms with Crippen LogP contribution < -0.4 is 10.2 Å². The molecule has 1 atom stereocenters. The first kappa shape index (κ1) is 15.7. The molecule has 3 aromatic carbocycles. The predicted molar refractivity (Wildman–Crippen MR) is 97.5 cm³/mol. The highest BCUT2D eigenvalue weighted by molar-refractivity contribution is 6.31. The summed E-state index contributed by atoms with van der Waals surface area (Å²) in [5.41, 5.74) is 2.68. The molecule has 1 unspecified atom stereocenters. The molecule has 124 valence electrons. The van der Waals surface area contributed by atoms with E-state index in [1.54, 1.807) is 29.2 Å². The summed E-state index contributed by atoms with van der Waals surface area (Å²) >= 11 is 6.37. The van der Waals surface area contributed by atoms with Gasteiger partial charge in [0.05, 0.1) is 5.56 Å². The third-order valence-corrected chi connectivity index (χ3v) is 4.58. The smallest absolute Gasteiger partial charge is 0.262 e. The predicted octanol–water partition coefficient (Wildman–Crippen LogP) is 5.25. The number of hydrogen-bond acceptors (Lipinski definition) is 2. The number of para-hydroxylation sites is 1. The van der Waals surface area contributed by atoms with Crippen LogP contribution in [0.2, 0.25) is 5.02 Å². The van der Waals surface area contributed by atoms with E-state index in [9.17, 15) is 9.18 Å². The van der Waals surface area contributed by atoms with Gasteiger partial charge in [-0.05, 0) is 42.5 Å². The second-order valence-electron chi connectivity index (χ2n) is 5.77. The van der Waals surface area contributed by atoms with Crippen LogP contribution in [0.25, 0.3) is 0 Å². The van der Waals surface area contributed by atoms with Crippen LogP contribution in [0.3, 0.4) is 0 Å². The van der Waals surface area contributed by atoms with E-state index >= 15 is 0 Å². The quantitative estimate of drug-likeness (QED) is 0.683. The Morgan fingerprint density at radius 2 is 1.60 bits per heavy atom. The Morgan fingerprint density at radius 3 is 2.36 bits per heavy atom. The molecule has 1 aliphatic heterocycles. The Bertz CT molecular complexity index is 942. The van der Waals surface area contributed by atoms with E-state index in [2.05, 4.69) is 5.32 Å². The molecule has 1 N–H and O–H groups in total. The summed E-state index contributed by atoms with van der Waals surface area (Å²) in [5.74, 6) is -0.512. The molecule has 0 bridgehead atoms. The molecular formula is C20H14ClFN2O. The van der Waals surface area contributed by atoms with Gasteiger partial charge in [-0.3, -0.25) is 9.69 Å². The highest BCUT2D eigenvalue weighted by Gasteiger charge is 2.34. The summed E-state index contributed by atoms with van der Waals surface area (Å²) < 4.78 is 13.3. The zero-order valence-electron chi connectivity index (χ0n) is 13.1. The Labute approximate surface area is 149 Å². The number of carbonyl (C=O) groups is 1. The highest BCUT2D eigenvalue weighted by atomic mass is 35.5. The molecule has 3 nitrogen and oxygen atoms in total. The maximum Gasteiger partial charge on any atom is 0.262 e. The Morgan fingerprint density at radius 1 is 0.920 bits per heavy atom. The summed E-state index contributed by atoms with van der Waals surface area (Å²) in [6.07, 6.45) is -0.485. The molecule has 4 rings (SSSR count). The second-order valence-corrected chi connectivity index (χ2v) is 6.17. The summed E-state index contributed by atoms with van der Waals surface area (Å²) in [6.45, 7) is 0. The Hall–Kier alpha value is -2.85. The van der Waals surface area contributed by atoms with Crippen LogP contribution in [0.1, 0.15) is 22.1 Å². The van der Waals surface area contributed by atoms with E-state index in [0.29, 0.717) is 16.3 Å². The summed E-state index contributed by atoms with van der Waals surface area (Å²) in [4.78, 5) is 14.7. The van der Waals surface area contributed by atoms with Crippen LogP contribution in [-0.2, 0) is 0 Å². The monoisotopic (exact) mass is 352 g/mol. The summed E-state index contributed by atoms with van der Waals surface area (Å²) in [6, 6.07) is 20.5. The molecule has 0 aliphatic carbocycles. The van der Waals surface area contributed by atoms with E-state index in [-0.39, 0.29) is 11.7 Å². The molecule has 0 saturated carbocycles. The van der Waals surface area contributed by atoms with Gasteiger partial charge in [-0.25, -0.2) is 4.39 Å². The third-order valence-electron chi connectivity index (χ3n) is 4.23. The van der Waals surface area contributed by atoms with Crippen molar-refractivity contribution >= 4 is 28.9 Å². The second kappa shape index (κ2) is 6.22. The van der Waals surface area contributed by atoms with Crippen LogP contribution in [0.4, 0.5) is 15.8 Å². The van der Waals surface area contributed by atoms with Crippen molar-refractivity contribution in [2.75, 3.05) is 10.2 Å². The lowest BCUT2D eigenvalue weighted by Crippen LogP contribution is -2.43. The zero-order chi connectivity index (χ0) is 17.4. The van der Waals surface area contributed by atoms with Gasteiger partial charge in [0.1, 0.15) is 12.0 Å². The number of amides is 1. The molecule has 5 heteroatoms. The molecular weight excluding hydrogens is 339 g/mol. The molecule has 1 heterocycles. The van der Waals surface area contributed by atoms with E-state index < -0.39 is 6.17 Å². The van der Waals surface area contributed by atoms with Gasteiger partial charge in [0, 0.05) is 22.0 Å². The van der Waals surface area contributed by atoms with Gasteiger partial charge in [-0.2, -0.15) is 0 Å². The first-order valence-corrected chi connectivity index (χ1v) is 8.22. The normalized spacial score (nSPS) is 16.3. The van der Waals surface area contributed by atoms with Crippen molar-refractivity contribution in [3.63, 3.8) is 0 Å². The minimum Gasteiger partial charge on any atom is -0.360 e. The van der Waals surface area contributed by atoms with E-state index in [1.165, 1.54) is 12.1 Å². The average molecular weight is 353 g/mol. The van der Waals surface area contributed by atoms with Gasteiger partial charge in [0.2, 0.25) is 0 Å². The number of fused-ring (bicyclic) bond motifs is 1. The van der Waals surface area contributed by atoms with Crippen molar-refractivity contribution in [2.24, 2.45) is 0 Å². The lowest BCUT2D eigenvalue weighted by atomic mass is 10.0. The van der Waals surface area contributed by atoms with Crippen molar-refractivity contribution in [3.8, 4) is 0 Å². The van der Waals surface area contributed by atoms with Gasteiger partial charge >= 0.3 is 0 Å². The number of nitrogens with zero attached hydrogens (tertiary/aromatic N) is 1. The minimum atomic E-state index is -0.485. The fraction of sp³-hybridized carbons (Fsp3) is 0.0500. The zero-order valence-corrected chi connectivity index (χ0v) is 13.9. The van der Waals surface area contributed by atoms with Crippen LogP contribution in [0, 0.1) is 5.82 Å². The fourth-order valence-electron chi connectivity index (χ4n) is 3.04. The minimum absolute atomic E-state index is 0.161. The molecule has 0 aromatic heterocycles. The molecule has 0 fully saturated rings. The maximum atomic E-state index is 13.3. The third kappa shape index (κ3) is 2.75. The van der Waals surface area contributed by atoms with Crippen LogP contribution in [0.5, 0.6) is 0 Å². The topological polar surface area (TPSA) is 32.3 Å². The molecule has 0 saturated heterocycles.